The summed E-state index contributed by atoms with van der Waals surface area (Å²) in [4.78, 5) is 1.26. The summed E-state index contributed by atoms with van der Waals surface area (Å²) in [5, 5.41) is 0.158. The van der Waals surface area contributed by atoms with Crippen molar-refractivity contribution in [1.82, 2.24) is 0 Å². The molecular weight excluding hydrogens is 230 g/mol. The predicted octanol–water partition coefficient (Wildman–Crippen LogP) is 3.77. The number of thioether (sulfide) groups is 1. The topological polar surface area (TPSA) is 39.2 Å². The van der Waals surface area contributed by atoms with Crippen LogP contribution in [0.25, 0.3) is 0 Å². The molecule has 17 heavy (non-hydrogen) atoms. The number of furan rings is 1. The highest BCUT2D eigenvalue weighted by atomic mass is 32.2. The molecule has 2 unspecified atom stereocenters. The number of aryl methyl sites for hydroxylation is 1. The fourth-order valence-corrected chi connectivity index (χ4v) is 2.85. The highest BCUT2D eigenvalue weighted by Crippen LogP contribution is 2.38. The molecule has 2 N–H and O–H groups in total. The lowest BCUT2D eigenvalue weighted by atomic mass is 10.2. The van der Waals surface area contributed by atoms with E-state index in [1.807, 2.05) is 25.1 Å². The highest BCUT2D eigenvalue weighted by Gasteiger charge is 2.20. The van der Waals surface area contributed by atoms with Gasteiger partial charge in [0.1, 0.15) is 5.76 Å². The summed E-state index contributed by atoms with van der Waals surface area (Å²) in [5.74, 6) is 0.938. The molecule has 0 amide bonds. The maximum atomic E-state index is 6.04. The average molecular weight is 247 g/mol. The maximum absolute atomic E-state index is 6.04. The largest absolute Gasteiger partial charge is 0.468 e. The second-order valence-corrected chi connectivity index (χ2v) is 5.36. The molecule has 0 spiro atoms. The summed E-state index contributed by atoms with van der Waals surface area (Å²) in [6.07, 6.45) is 1.70. The molecule has 0 saturated heterocycles. The number of nitrogens with two attached hydrogens (primary N) is 1. The van der Waals surface area contributed by atoms with Gasteiger partial charge in [0.25, 0.3) is 0 Å². The van der Waals surface area contributed by atoms with Crippen LogP contribution in [0.1, 0.15) is 23.5 Å². The molecule has 0 aliphatic carbocycles. The molecule has 0 radical (unpaired) electrons. The van der Waals surface area contributed by atoms with Crippen molar-refractivity contribution in [3.63, 3.8) is 0 Å². The van der Waals surface area contributed by atoms with Gasteiger partial charge < -0.3 is 10.2 Å². The van der Waals surface area contributed by atoms with Gasteiger partial charge in [0, 0.05) is 10.9 Å². The van der Waals surface area contributed by atoms with Crippen molar-refractivity contribution < 1.29 is 4.42 Å². The fraction of sp³-hybridized carbons (Fsp3) is 0.286. The smallest absolute Gasteiger partial charge is 0.118 e. The zero-order chi connectivity index (χ0) is 12.3. The Hall–Kier alpha value is -1.19. The van der Waals surface area contributed by atoms with Crippen LogP contribution >= 0.6 is 11.8 Å². The lowest BCUT2D eigenvalue weighted by Gasteiger charge is -2.19. The predicted molar refractivity (Wildman–Crippen MR) is 72.1 cm³/mol. The first-order valence-corrected chi connectivity index (χ1v) is 6.57. The molecule has 2 atom stereocenters. The summed E-state index contributed by atoms with van der Waals surface area (Å²) in [6.45, 7) is 4.13. The van der Waals surface area contributed by atoms with Gasteiger partial charge in [-0.3, -0.25) is 0 Å². The van der Waals surface area contributed by atoms with Crippen LogP contribution < -0.4 is 5.73 Å². The Morgan fingerprint density at radius 3 is 2.53 bits per heavy atom. The third kappa shape index (κ3) is 2.93. The summed E-state index contributed by atoms with van der Waals surface area (Å²) in [7, 11) is 0. The van der Waals surface area contributed by atoms with Crippen molar-refractivity contribution >= 4 is 11.8 Å². The van der Waals surface area contributed by atoms with Crippen LogP contribution in [0.15, 0.2) is 52.0 Å². The van der Waals surface area contributed by atoms with Crippen LogP contribution in [-0.4, -0.2) is 6.04 Å². The molecule has 1 aromatic heterocycles. The van der Waals surface area contributed by atoms with Crippen molar-refractivity contribution in [2.45, 2.75) is 30.0 Å². The summed E-state index contributed by atoms with van der Waals surface area (Å²) in [6, 6.07) is 12.3. The molecule has 2 rings (SSSR count). The highest BCUT2D eigenvalue weighted by molar-refractivity contribution is 7.99. The second-order valence-electron chi connectivity index (χ2n) is 4.18. The van der Waals surface area contributed by atoms with E-state index in [0.29, 0.717) is 0 Å². The third-order valence-corrected chi connectivity index (χ3v) is 4.28. The summed E-state index contributed by atoms with van der Waals surface area (Å²) < 4.78 is 5.47. The molecule has 1 aromatic carbocycles. The van der Waals surface area contributed by atoms with Gasteiger partial charge in [-0.1, -0.05) is 18.2 Å². The molecule has 0 saturated carbocycles. The van der Waals surface area contributed by atoms with Gasteiger partial charge >= 0.3 is 0 Å². The van der Waals surface area contributed by atoms with Gasteiger partial charge in [0.15, 0.2) is 0 Å². The Morgan fingerprint density at radius 1 is 1.18 bits per heavy atom. The van der Waals surface area contributed by atoms with Gasteiger partial charge in [-0.25, -0.2) is 0 Å². The fourth-order valence-electron chi connectivity index (χ4n) is 1.70. The van der Waals surface area contributed by atoms with Crippen molar-refractivity contribution in [3.8, 4) is 0 Å². The minimum absolute atomic E-state index is 0.0470. The first kappa shape index (κ1) is 12.3. The Labute approximate surface area is 106 Å². The molecule has 0 aliphatic heterocycles. The van der Waals surface area contributed by atoms with E-state index in [9.17, 15) is 0 Å². The zero-order valence-corrected chi connectivity index (χ0v) is 10.9. The number of benzene rings is 1. The molecule has 2 nitrogen and oxygen atoms in total. The Kier molecular flexibility index (Phi) is 3.92. The second kappa shape index (κ2) is 5.43. The summed E-state index contributed by atoms with van der Waals surface area (Å²) >= 11 is 1.76. The summed E-state index contributed by atoms with van der Waals surface area (Å²) in [5.41, 5.74) is 7.32. The van der Waals surface area contributed by atoms with Crippen molar-refractivity contribution in [2.24, 2.45) is 5.73 Å². The van der Waals surface area contributed by atoms with Crippen LogP contribution in [0.3, 0.4) is 0 Å². The molecule has 0 bridgehead atoms. The molecule has 90 valence electrons. The van der Waals surface area contributed by atoms with Gasteiger partial charge in [0.05, 0.1) is 11.5 Å². The van der Waals surface area contributed by atoms with E-state index in [4.69, 9.17) is 10.2 Å². The normalized spacial score (nSPS) is 14.5. The number of hydrogen-bond donors (Lipinski definition) is 1. The van der Waals surface area contributed by atoms with E-state index in [2.05, 4.69) is 25.1 Å². The Morgan fingerprint density at radius 2 is 1.94 bits per heavy atom. The SMILES string of the molecule is Cc1ccccc1SC(c1ccco1)C(C)N. The van der Waals surface area contributed by atoms with E-state index in [0.717, 1.165) is 5.76 Å². The van der Waals surface area contributed by atoms with E-state index in [-0.39, 0.29) is 11.3 Å². The number of hydrogen-bond acceptors (Lipinski definition) is 3. The van der Waals surface area contributed by atoms with Crippen LogP contribution in [0.5, 0.6) is 0 Å². The average Bonchev–Trinajstić information content (AvgIpc) is 2.81. The van der Waals surface area contributed by atoms with E-state index >= 15 is 0 Å². The Bertz CT molecular complexity index is 465. The molecular formula is C14H17NOS. The van der Waals surface area contributed by atoms with E-state index < -0.39 is 0 Å². The standard InChI is InChI=1S/C14H17NOS/c1-10-6-3-4-8-13(10)17-14(11(2)15)12-7-5-9-16-12/h3-9,11,14H,15H2,1-2H3. The van der Waals surface area contributed by atoms with Gasteiger partial charge in [0.2, 0.25) is 0 Å². The number of rotatable bonds is 4. The monoisotopic (exact) mass is 247 g/mol. The lowest BCUT2D eigenvalue weighted by Crippen LogP contribution is -2.22. The van der Waals surface area contributed by atoms with Gasteiger partial charge in [-0.15, -0.1) is 11.8 Å². The first-order valence-electron chi connectivity index (χ1n) is 5.70. The first-order chi connectivity index (χ1) is 8.18. The molecule has 2 aromatic rings. The van der Waals surface area contributed by atoms with E-state index in [1.54, 1.807) is 18.0 Å². The third-order valence-electron chi connectivity index (χ3n) is 2.65. The van der Waals surface area contributed by atoms with Gasteiger partial charge in [-0.2, -0.15) is 0 Å². The van der Waals surface area contributed by atoms with Crippen molar-refractivity contribution in [1.29, 1.82) is 0 Å². The Balaban J connectivity index is 2.23. The quantitative estimate of drug-likeness (QED) is 0.836. The van der Waals surface area contributed by atoms with Crippen LogP contribution in [0.2, 0.25) is 0 Å². The van der Waals surface area contributed by atoms with Crippen molar-refractivity contribution in [3.05, 3.63) is 54.0 Å². The van der Waals surface area contributed by atoms with Crippen LogP contribution in [0.4, 0.5) is 0 Å². The molecule has 0 fully saturated rings. The van der Waals surface area contributed by atoms with Crippen molar-refractivity contribution in [2.75, 3.05) is 0 Å². The minimum Gasteiger partial charge on any atom is -0.468 e. The molecule has 0 aliphatic rings. The lowest BCUT2D eigenvalue weighted by molar-refractivity contribution is 0.487. The van der Waals surface area contributed by atoms with Gasteiger partial charge in [-0.05, 0) is 37.6 Å². The van der Waals surface area contributed by atoms with Crippen LogP contribution in [0, 0.1) is 6.92 Å². The molecule has 3 heteroatoms. The maximum Gasteiger partial charge on any atom is 0.118 e. The zero-order valence-electron chi connectivity index (χ0n) is 10.1. The van der Waals surface area contributed by atoms with Crippen LogP contribution in [-0.2, 0) is 0 Å². The van der Waals surface area contributed by atoms with E-state index in [1.165, 1.54) is 10.5 Å². The minimum atomic E-state index is 0.0470. The molecule has 1 heterocycles.